The van der Waals surface area contributed by atoms with Crippen LogP contribution in [0.15, 0.2) is 24.3 Å². The molecule has 1 heterocycles. The molecule has 0 bridgehead atoms. The van der Waals surface area contributed by atoms with Gasteiger partial charge in [-0.15, -0.1) is 0 Å². The van der Waals surface area contributed by atoms with Gasteiger partial charge in [-0.3, -0.25) is 9.69 Å². The van der Waals surface area contributed by atoms with Crippen molar-refractivity contribution in [2.45, 2.75) is 51.4 Å². The molecule has 0 radical (unpaired) electrons. The second-order valence-electron chi connectivity index (χ2n) is 6.63. The molecule has 0 spiro atoms. The van der Waals surface area contributed by atoms with Crippen LogP contribution in [0.4, 0.5) is 9.18 Å². The van der Waals surface area contributed by atoms with Gasteiger partial charge in [0.25, 0.3) is 6.47 Å². The van der Waals surface area contributed by atoms with Crippen LogP contribution in [-0.4, -0.2) is 35.8 Å². The maximum atomic E-state index is 13.0. The number of amides is 1. The van der Waals surface area contributed by atoms with E-state index in [1.807, 2.05) is 0 Å². The van der Waals surface area contributed by atoms with Crippen LogP contribution in [0.2, 0.25) is 0 Å². The van der Waals surface area contributed by atoms with Crippen LogP contribution >= 0.6 is 0 Å². The Morgan fingerprint density at radius 2 is 1.96 bits per heavy atom. The first kappa shape index (κ1) is 17.2. The summed E-state index contributed by atoms with van der Waals surface area (Å²) in [5.41, 5.74) is 0.353. The highest BCUT2D eigenvalue weighted by atomic mass is 19.1. The first-order valence-electron chi connectivity index (χ1n) is 7.64. The first-order chi connectivity index (χ1) is 10.8. The lowest BCUT2D eigenvalue weighted by molar-refractivity contribution is -0.145. The molecule has 0 aromatic heterocycles. The van der Waals surface area contributed by atoms with E-state index >= 15 is 0 Å². The molecule has 1 amide bonds. The summed E-state index contributed by atoms with van der Waals surface area (Å²) in [6.07, 6.45) is -0.0132. The van der Waals surface area contributed by atoms with Gasteiger partial charge in [0.15, 0.2) is 6.23 Å². The molecule has 2 rings (SSSR count). The summed E-state index contributed by atoms with van der Waals surface area (Å²) >= 11 is 0. The van der Waals surface area contributed by atoms with Crippen LogP contribution in [0.1, 0.15) is 45.1 Å². The third kappa shape index (κ3) is 4.68. The van der Waals surface area contributed by atoms with Crippen LogP contribution < -0.4 is 0 Å². The number of piperidine rings is 1. The molecule has 0 N–H and O–H groups in total. The van der Waals surface area contributed by atoms with Crippen LogP contribution in [0.3, 0.4) is 0 Å². The number of carbonyl (C=O) groups is 2. The Labute approximate surface area is 135 Å². The third-order valence-corrected chi connectivity index (χ3v) is 3.73. The third-order valence-electron chi connectivity index (χ3n) is 3.73. The average Bonchev–Trinajstić information content (AvgIpc) is 2.46. The van der Waals surface area contributed by atoms with Crippen LogP contribution in [-0.2, 0) is 14.3 Å². The van der Waals surface area contributed by atoms with Gasteiger partial charge in [-0.1, -0.05) is 12.1 Å². The van der Waals surface area contributed by atoms with E-state index in [-0.39, 0.29) is 11.7 Å². The van der Waals surface area contributed by atoms with Crippen LogP contribution in [0.5, 0.6) is 0 Å². The Kier molecular flexibility index (Phi) is 5.23. The van der Waals surface area contributed by atoms with Crippen molar-refractivity contribution >= 4 is 12.6 Å². The summed E-state index contributed by atoms with van der Waals surface area (Å²) in [5.74, 6) is -0.195. The van der Waals surface area contributed by atoms with E-state index in [4.69, 9.17) is 9.47 Å². The summed E-state index contributed by atoms with van der Waals surface area (Å²) < 4.78 is 23.5. The summed E-state index contributed by atoms with van der Waals surface area (Å²) in [4.78, 5) is 24.4. The van der Waals surface area contributed by atoms with E-state index in [1.165, 1.54) is 17.0 Å². The summed E-state index contributed by atoms with van der Waals surface area (Å²) in [6.45, 7) is 6.10. The molecule has 0 aliphatic carbocycles. The van der Waals surface area contributed by atoms with Crippen molar-refractivity contribution < 1.29 is 23.5 Å². The number of hydrogen-bond acceptors (Lipinski definition) is 4. The van der Waals surface area contributed by atoms with Gasteiger partial charge in [-0.2, -0.15) is 0 Å². The maximum absolute atomic E-state index is 13.0. The lowest BCUT2D eigenvalue weighted by Crippen LogP contribution is -2.48. The SMILES string of the molecule is CC(C)(C)OC(=O)N1CC[C@H](c2ccc(F)cc2)C[C@@H]1OC=O. The summed E-state index contributed by atoms with van der Waals surface area (Å²) in [5, 5.41) is 0. The average molecular weight is 323 g/mol. The minimum Gasteiger partial charge on any atom is -0.444 e. The zero-order chi connectivity index (χ0) is 17.0. The Morgan fingerprint density at radius 3 is 2.52 bits per heavy atom. The van der Waals surface area contributed by atoms with Crippen molar-refractivity contribution in [2.24, 2.45) is 0 Å². The molecule has 23 heavy (non-hydrogen) atoms. The topological polar surface area (TPSA) is 55.8 Å². The van der Waals surface area contributed by atoms with E-state index < -0.39 is 17.9 Å². The van der Waals surface area contributed by atoms with Crippen molar-refractivity contribution in [3.63, 3.8) is 0 Å². The van der Waals surface area contributed by atoms with Crippen molar-refractivity contribution in [3.8, 4) is 0 Å². The number of nitrogens with zero attached hydrogens (tertiary/aromatic N) is 1. The molecule has 1 aliphatic heterocycles. The molecule has 1 aromatic carbocycles. The van der Waals surface area contributed by atoms with Gasteiger partial charge < -0.3 is 9.47 Å². The van der Waals surface area contributed by atoms with Gasteiger partial charge in [-0.05, 0) is 50.8 Å². The Balaban J connectivity index is 2.09. The lowest BCUT2D eigenvalue weighted by atomic mass is 9.88. The van der Waals surface area contributed by atoms with E-state index in [1.54, 1.807) is 32.9 Å². The first-order valence-corrected chi connectivity index (χ1v) is 7.64. The Bertz CT molecular complexity index is 553. The molecule has 5 nitrogen and oxygen atoms in total. The molecule has 2 atom stereocenters. The van der Waals surface area contributed by atoms with E-state index in [9.17, 15) is 14.0 Å². The normalized spacial score (nSPS) is 21.7. The minimum absolute atomic E-state index is 0.0965. The summed E-state index contributed by atoms with van der Waals surface area (Å²) in [7, 11) is 0. The molecule has 0 unspecified atom stereocenters. The van der Waals surface area contributed by atoms with Gasteiger partial charge in [0.1, 0.15) is 11.4 Å². The van der Waals surface area contributed by atoms with E-state index in [0.29, 0.717) is 25.9 Å². The fourth-order valence-electron chi connectivity index (χ4n) is 2.69. The van der Waals surface area contributed by atoms with E-state index in [0.717, 1.165) is 5.56 Å². The van der Waals surface area contributed by atoms with E-state index in [2.05, 4.69) is 0 Å². The number of likely N-dealkylation sites (tertiary alicyclic amines) is 1. The quantitative estimate of drug-likeness (QED) is 0.800. The van der Waals surface area contributed by atoms with Gasteiger partial charge in [0.05, 0.1) is 0 Å². The molecule has 1 aromatic rings. The molecule has 126 valence electrons. The highest BCUT2D eigenvalue weighted by Gasteiger charge is 2.35. The highest BCUT2D eigenvalue weighted by Crippen LogP contribution is 2.32. The van der Waals surface area contributed by atoms with Gasteiger partial charge in [-0.25, -0.2) is 9.18 Å². The number of ether oxygens (including phenoxy) is 2. The lowest BCUT2D eigenvalue weighted by Gasteiger charge is -2.38. The predicted molar refractivity (Wildman–Crippen MR) is 82.3 cm³/mol. The van der Waals surface area contributed by atoms with Crippen LogP contribution in [0.25, 0.3) is 0 Å². The largest absolute Gasteiger partial charge is 0.444 e. The van der Waals surface area contributed by atoms with Crippen molar-refractivity contribution in [1.82, 2.24) is 4.90 Å². The highest BCUT2D eigenvalue weighted by molar-refractivity contribution is 5.68. The number of benzene rings is 1. The monoisotopic (exact) mass is 323 g/mol. The molecular formula is C17H22FNO4. The fourth-order valence-corrected chi connectivity index (χ4v) is 2.69. The number of carbonyl (C=O) groups excluding carboxylic acids is 2. The molecule has 1 fully saturated rings. The van der Waals surface area contributed by atoms with Crippen LogP contribution in [0, 0.1) is 5.82 Å². The maximum Gasteiger partial charge on any atom is 0.413 e. The van der Waals surface area contributed by atoms with Gasteiger partial charge in [0.2, 0.25) is 0 Å². The summed E-state index contributed by atoms with van der Waals surface area (Å²) in [6, 6.07) is 6.26. The molecule has 1 saturated heterocycles. The molecular weight excluding hydrogens is 301 g/mol. The number of hydrogen-bond donors (Lipinski definition) is 0. The predicted octanol–water partition coefficient (Wildman–Crippen LogP) is 3.44. The Hall–Kier alpha value is -2.11. The van der Waals surface area contributed by atoms with Crippen molar-refractivity contribution in [1.29, 1.82) is 0 Å². The zero-order valence-corrected chi connectivity index (χ0v) is 13.6. The smallest absolute Gasteiger partial charge is 0.413 e. The fraction of sp³-hybridized carbons (Fsp3) is 0.529. The molecule has 6 heteroatoms. The number of rotatable bonds is 3. The van der Waals surface area contributed by atoms with Crippen molar-refractivity contribution in [3.05, 3.63) is 35.6 Å². The second-order valence-corrected chi connectivity index (χ2v) is 6.63. The molecule has 1 aliphatic rings. The molecule has 0 saturated carbocycles. The second kappa shape index (κ2) is 6.98. The zero-order valence-electron chi connectivity index (χ0n) is 13.6. The Morgan fingerprint density at radius 1 is 1.30 bits per heavy atom. The standard InChI is InChI=1S/C17H22FNO4/c1-17(2,3)23-16(21)19-9-8-13(10-15(19)22-11-20)12-4-6-14(18)7-5-12/h4-7,11,13,15H,8-10H2,1-3H3/t13-,15-/m0/s1. The van der Waals surface area contributed by atoms with Crippen molar-refractivity contribution in [2.75, 3.05) is 6.54 Å². The van der Waals surface area contributed by atoms with Gasteiger partial charge in [0, 0.05) is 13.0 Å². The number of halogens is 1. The minimum atomic E-state index is -0.675. The van der Waals surface area contributed by atoms with Gasteiger partial charge >= 0.3 is 6.09 Å².